The second kappa shape index (κ2) is 11.2. The number of hydrogen-bond donors (Lipinski definition) is 1. The van der Waals surface area contributed by atoms with Crippen LogP contribution in [0.2, 0.25) is 0 Å². The molecule has 0 bridgehead atoms. The lowest BCUT2D eigenvalue weighted by Crippen LogP contribution is -2.21. The molecule has 9 heteroatoms. The molecule has 0 radical (unpaired) electrons. The molecule has 46 heavy (non-hydrogen) atoms. The van der Waals surface area contributed by atoms with Gasteiger partial charge in [0.15, 0.2) is 11.4 Å². The van der Waals surface area contributed by atoms with Crippen LogP contribution >= 0.6 is 0 Å². The molecule has 8 rings (SSSR count). The van der Waals surface area contributed by atoms with Crippen LogP contribution < -0.4 is 4.90 Å². The second-order valence-corrected chi connectivity index (χ2v) is 12.1. The van der Waals surface area contributed by atoms with E-state index in [1.165, 1.54) is 11.6 Å². The average Bonchev–Trinajstić information content (AvgIpc) is 3.82. The number of carbonyl (C=O) groups is 1. The number of benzene rings is 3. The molecule has 9 nitrogen and oxygen atoms in total. The molecule has 0 saturated carbocycles. The molecule has 1 saturated heterocycles. The van der Waals surface area contributed by atoms with Crippen molar-refractivity contribution in [2.45, 2.75) is 32.4 Å². The molecule has 0 spiro atoms. The number of carbonyl (C=O) groups excluding carboxylic acids is 1. The van der Waals surface area contributed by atoms with Crippen LogP contribution in [0.4, 0.5) is 11.5 Å². The van der Waals surface area contributed by atoms with Crippen LogP contribution in [0.15, 0.2) is 77.5 Å². The third-order valence-corrected chi connectivity index (χ3v) is 9.20. The van der Waals surface area contributed by atoms with Crippen molar-refractivity contribution in [3.05, 3.63) is 101 Å². The maximum Gasteiger partial charge on any atom is 0.227 e. The van der Waals surface area contributed by atoms with Crippen molar-refractivity contribution in [1.29, 1.82) is 5.26 Å². The maximum atomic E-state index is 11.4. The first-order valence-corrected chi connectivity index (χ1v) is 15.4. The lowest BCUT2D eigenvalue weighted by molar-refractivity contribution is 0.112. The van der Waals surface area contributed by atoms with Gasteiger partial charge < -0.3 is 14.4 Å². The molecule has 5 heterocycles. The molecule has 3 aromatic heterocycles. The normalized spacial score (nSPS) is 16.3. The molecular weight excluding hydrogens is 576 g/mol. The van der Waals surface area contributed by atoms with Crippen LogP contribution in [0.5, 0.6) is 0 Å². The minimum Gasteiger partial charge on any atom is -0.435 e. The number of rotatable bonds is 6. The molecule has 6 aromatic rings. The molecule has 3 aromatic carbocycles. The Kier molecular flexibility index (Phi) is 6.82. The van der Waals surface area contributed by atoms with Gasteiger partial charge in [-0.2, -0.15) is 5.26 Å². The Balaban J connectivity index is 1.15. The fraction of sp³-hybridized carbons (Fsp3) is 0.216. The van der Waals surface area contributed by atoms with Gasteiger partial charge in [0.2, 0.25) is 5.89 Å². The number of oxazole rings is 1. The van der Waals surface area contributed by atoms with Gasteiger partial charge in [0, 0.05) is 60.8 Å². The van der Waals surface area contributed by atoms with Gasteiger partial charge in [-0.25, -0.2) is 9.97 Å². The summed E-state index contributed by atoms with van der Waals surface area (Å²) in [5, 5.41) is 20.6. The third kappa shape index (κ3) is 4.70. The number of aldehydes is 1. The van der Waals surface area contributed by atoms with Gasteiger partial charge in [-0.1, -0.05) is 24.3 Å². The highest BCUT2D eigenvalue weighted by Crippen LogP contribution is 2.43. The fourth-order valence-electron chi connectivity index (χ4n) is 6.98. The lowest BCUT2D eigenvalue weighted by atomic mass is 9.92. The third-order valence-electron chi connectivity index (χ3n) is 9.20. The number of pyridine rings is 2. The topological polar surface area (TPSA) is 119 Å². The first kappa shape index (κ1) is 28.1. The van der Waals surface area contributed by atoms with E-state index in [2.05, 4.69) is 58.1 Å². The summed E-state index contributed by atoms with van der Waals surface area (Å²) >= 11 is 0. The van der Waals surface area contributed by atoms with E-state index in [1.807, 2.05) is 30.6 Å². The number of aliphatic hydroxyl groups excluding tert-OH is 1. The number of aromatic nitrogens is 3. The van der Waals surface area contributed by atoms with Crippen LogP contribution in [0, 0.1) is 18.3 Å². The summed E-state index contributed by atoms with van der Waals surface area (Å²) in [6, 6.07) is 21.9. The van der Waals surface area contributed by atoms with Crippen molar-refractivity contribution in [2.24, 2.45) is 0 Å². The summed E-state index contributed by atoms with van der Waals surface area (Å²) in [6.45, 7) is 5.22. The van der Waals surface area contributed by atoms with Crippen LogP contribution in [0.25, 0.3) is 44.6 Å². The summed E-state index contributed by atoms with van der Waals surface area (Å²) in [7, 11) is 0. The summed E-state index contributed by atoms with van der Waals surface area (Å²) in [4.78, 5) is 30.3. The fourth-order valence-corrected chi connectivity index (χ4v) is 6.98. The average molecular weight is 607 g/mol. The van der Waals surface area contributed by atoms with E-state index in [1.54, 1.807) is 6.07 Å². The van der Waals surface area contributed by atoms with E-state index in [9.17, 15) is 15.2 Å². The van der Waals surface area contributed by atoms with Crippen molar-refractivity contribution in [2.75, 3.05) is 24.5 Å². The van der Waals surface area contributed by atoms with Crippen molar-refractivity contribution in [1.82, 2.24) is 19.9 Å². The monoisotopic (exact) mass is 606 g/mol. The summed E-state index contributed by atoms with van der Waals surface area (Å²) < 4.78 is 6.12. The van der Waals surface area contributed by atoms with Gasteiger partial charge in [0.05, 0.1) is 11.7 Å². The Morgan fingerprint density at radius 1 is 1.07 bits per heavy atom. The molecular formula is C37H30N6O3. The number of aliphatic hydroxyl groups is 1. The Labute approximate surface area is 265 Å². The van der Waals surface area contributed by atoms with Crippen molar-refractivity contribution in [3.8, 4) is 28.7 Å². The molecule has 0 aliphatic carbocycles. The minimum atomic E-state index is -0.243. The Bertz CT molecular complexity index is 2220. The molecule has 1 fully saturated rings. The van der Waals surface area contributed by atoms with E-state index in [0.717, 1.165) is 82.7 Å². The van der Waals surface area contributed by atoms with E-state index in [4.69, 9.17) is 14.4 Å². The van der Waals surface area contributed by atoms with Gasteiger partial charge in [0.25, 0.3) is 0 Å². The smallest absolute Gasteiger partial charge is 0.227 e. The van der Waals surface area contributed by atoms with Gasteiger partial charge in [-0.05, 0) is 84.0 Å². The Morgan fingerprint density at radius 3 is 2.74 bits per heavy atom. The van der Waals surface area contributed by atoms with E-state index >= 15 is 0 Å². The van der Waals surface area contributed by atoms with E-state index in [0.29, 0.717) is 35.4 Å². The Morgan fingerprint density at radius 2 is 1.91 bits per heavy atom. The van der Waals surface area contributed by atoms with Crippen LogP contribution in [-0.2, 0) is 13.0 Å². The Hall–Kier alpha value is -5.43. The number of nitrogens with zero attached hydrogens (tertiary/aromatic N) is 6. The zero-order valence-corrected chi connectivity index (χ0v) is 25.3. The summed E-state index contributed by atoms with van der Waals surface area (Å²) in [5.41, 5.74) is 9.94. The molecule has 226 valence electrons. The first-order valence-electron chi connectivity index (χ1n) is 15.4. The standard InChI is InChI=1S/C37H30N6O3/c1-22-28(4-2-5-29(22)37-41-32-16-23(21-44)14-26(17-38)35(32)46-37)30-6-3-7-33-31(30)10-13-43(33)36-34-25(8-11-39-36)15-24(18-40-34)19-42-12-9-27(45)20-42/h2-8,11,14-16,18,21,27,45H,9-10,12-13,19-20H2,1H3. The summed E-state index contributed by atoms with van der Waals surface area (Å²) in [6.07, 6.45) is 5.93. The van der Waals surface area contributed by atoms with Crippen LogP contribution in [0.1, 0.15) is 39.0 Å². The van der Waals surface area contributed by atoms with Gasteiger partial charge in [0.1, 0.15) is 23.4 Å². The van der Waals surface area contributed by atoms with E-state index in [-0.39, 0.29) is 11.7 Å². The molecule has 2 aliphatic rings. The van der Waals surface area contributed by atoms with Crippen molar-refractivity contribution < 1.29 is 14.3 Å². The number of anilines is 2. The molecule has 1 atom stereocenters. The predicted molar refractivity (Wildman–Crippen MR) is 176 cm³/mol. The molecule has 1 unspecified atom stereocenters. The zero-order valence-electron chi connectivity index (χ0n) is 25.3. The number of hydrogen-bond acceptors (Lipinski definition) is 9. The largest absolute Gasteiger partial charge is 0.435 e. The lowest BCUT2D eigenvalue weighted by Gasteiger charge is -2.21. The number of likely N-dealkylation sites (tertiary alicyclic amines) is 1. The van der Waals surface area contributed by atoms with Crippen LogP contribution in [-0.4, -0.2) is 57.0 Å². The van der Waals surface area contributed by atoms with Crippen molar-refractivity contribution in [3.63, 3.8) is 0 Å². The van der Waals surface area contributed by atoms with Crippen molar-refractivity contribution >= 4 is 39.8 Å². The quantitative estimate of drug-likeness (QED) is 0.216. The van der Waals surface area contributed by atoms with Gasteiger partial charge >= 0.3 is 0 Å². The molecule has 0 amide bonds. The molecule has 2 aliphatic heterocycles. The van der Waals surface area contributed by atoms with Gasteiger partial charge in [-0.15, -0.1) is 0 Å². The number of β-amino-alcohol motifs (C(OH)–C–C–N with tert-alkyl or cyclic N) is 1. The number of fused-ring (bicyclic) bond motifs is 3. The predicted octanol–water partition coefficient (Wildman–Crippen LogP) is 6.36. The van der Waals surface area contributed by atoms with E-state index < -0.39 is 0 Å². The highest BCUT2D eigenvalue weighted by atomic mass is 16.3. The van der Waals surface area contributed by atoms with Gasteiger partial charge in [-0.3, -0.25) is 14.7 Å². The summed E-state index contributed by atoms with van der Waals surface area (Å²) in [5.74, 6) is 1.26. The SMILES string of the molecule is Cc1c(-c2nc3cc(C=O)cc(C#N)c3o2)cccc1-c1cccc2c1CCN2c1nccc2cc(CN3CCC(O)C3)cnc12. The number of nitriles is 1. The zero-order chi connectivity index (χ0) is 31.4. The minimum absolute atomic E-state index is 0.243. The highest BCUT2D eigenvalue weighted by Gasteiger charge is 2.27. The second-order valence-electron chi connectivity index (χ2n) is 12.1. The highest BCUT2D eigenvalue weighted by molar-refractivity contribution is 5.93. The molecule has 1 N–H and O–H groups in total. The maximum absolute atomic E-state index is 11.4. The first-order chi connectivity index (χ1) is 22.5. The van der Waals surface area contributed by atoms with Crippen LogP contribution in [0.3, 0.4) is 0 Å².